The zero-order valence-corrected chi connectivity index (χ0v) is 45.0. The Hall–Kier alpha value is -6.80. The van der Waals surface area contributed by atoms with Crippen LogP contribution in [0.5, 0.6) is 0 Å². The van der Waals surface area contributed by atoms with Crippen molar-refractivity contribution in [2.75, 3.05) is 33.5 Å². The number of aromatic nitrogens is 6. The summed E-state index contributed by atoms with van der Waals surface area (Å²) in [5.41, 5.74) is 1.89. The minimum Gasteiger partial charge on any atom is -0.500 e. The van der Waals surface area contributed by atoms with Crippen molar-refractivity contribution in [1.82, 2.24) is 29.1 Å². The maximum absolute atomic E-state index is 13.4. The summed E-state index contributed by atoms with van der Waals surface area (Å²) in [6.45, 7) is 7.09. The van der Waals surface area contributed by atoms with Gasteiger partial charge in [-0.3, -0.25) is 24.0 Å². The van der Waals surface area contributed by atoms with Crippen LogP contribution in [-0.2, 0) is 42.6 Å². The van der Waals surface area contributed by atoms with Gasteiger partial charge >= 0.3 is 23.9 Å². The first-order chi connectivity index (χ1) is 35.7. The number of pyridine rings is 6. The van der Waals surface area contributed by atoms with E-state index in [9.17, 15) is 55.9 Å². The van der Waals surface area contributed by atoms with Crippen LogP contribution in [0.4, 0.5) is 17.6 Å². The van der Waals surface area contributed by atoms with Crippen LogP contribution < -0.4 is 16.6 Å². The summed E-state index contributed by atoms with van der Waals surface area (Å²) in [7, 11) is 4.57. The van der Waals surface area contributed by atoms with Crippen LogP contribution in [0.15, 0.2) is 58.1 Å². The van der Waals surface area contributed by atoms with Crippen LogP contribution in [0, 0.1) is 23.3 Å². The van der Waals surface area contributed by atoms with E-state index in [1.807, 2.05) is 0 Å². The molecular weight excluding hydrogens is 1150 g/mol. The number of halogens is 10. The van der Waals surface area contributed by atoms with E-state index in [4.69, 9.17) is 88.9 Å². The third-order valence-electron chi connectivity index (χ3n) is 8.88. The summed E-state index contributed by atoms with van der Waals surface area (Å²) in [5, 5.41) is 6.53. The van der Waals surface area contributed by atoms with Gasteiger partial charge in [-0.25, -0.2) is 51.9 Å². The molecule has 0 fully saturated rings. The SMILES string of the molecule is CCO/C=C(\C(=O)OCC)C(=O)c1cc(F)c(Cl)nc1Cl.CCOC(=O)CC(=O)c1cc(F)c(Cl)nc1Cl.CCOC(=O)c1cn(C)c2nc(Cl)c(F)cc2c1=O.CN.Cn1cc(C(=O)O)c(=O)c2cc(F)c(Cl)nc21. The molecule has 408 valence electrons. The third-order valence-corrected chi connectivity index (χ3v) is 10.5. The fraction of sp³-hybridized carbons (Fsp3) is 0.261. The van der Waals surface area contributed by atoms with Crippen LogP contribution in [-0.4, -0.2) is 103 Å². The average Bonchev–Trinajstić information content (AvgIpc) is 3.36. The van der Waals surface area contributed by atoms with Gasteiger partial charge in [0.05, 0.1) is 48.3 Å². The quantitative estimate of drug-likeness (QED) is 0.0126. The van der Waals surface area contributed by atoms with Crippen LogP contribution in [0.3, 0.4) is 0 Å². The molecule has 0 spiro atoms. The number of Topliss-reactive ketones (excluding diaryl/α,β-unsaturated/α-hetero) is 2. The second-order valence-corrected chi connectivity index (χ2v) is 16.0. The molecule has 6 rings (SSSR count). The number of hydrogen-bond donors (Lipinski definition) is 2. The van der Waals surface area contributed by atoms with Gasteiger partial charge in [-0.1, -0.05) is 69.6 Å². The van der Waals surface area contributed by atoms with Gasteiger partial charge in [0.2, 0.25) is 16.6 Å². The molecule has 0 saturated heterocycles. The summed E-state index contributed by atoms with van der Waals surface area (Å²) in [6, 6.07) is 3.51. The van der Waals surface area contributed by atoms with Gasteiger partial charge in [-0.15, -0.1) is 0 Å². The number of aryl methyl sites for hydroxylation is 2. The van der Waals surface area contributed by atoms with E-state index in [-0.39, 0.29) is 85.8 Å². The molecular formula is C46H41Cl6F4N7O13. The molecule has 0 aliphatic carbocycles. The van der Waals surface area contributed by atoms with Crippen molar-refractivity contribution in [2.45, 2.75) is 34.1 Å². The number of carboxylic acid groups (broad SMARTS) is 1. The number of ketones is 2. The first-order valence-corrected chi connectivity index (χ1v) is 23.5. The first-order valence-electron chi connectivity index (χ1n) is 21.2. The van der Waals surface area contributed by atoms with Crippen molar-refractivity contribution in [1.29, 1.82) is 0 Å². The molecule has 0 amide bonds. The van der Waals surface area contributed by atoms with Gasteiger partial charge in [-0.2, -0.15) is 0 Å². The Morgan fingerprint density at radius 3 is 1.43 bits per heavy atom. The monoisotopic (exact) mass is 1190 g/mol. The highest BCUT2D eigenvalue weighted by atomic mass is 35.5. The number of carbonyl (C=O) groups is 6. The van der Waals surface area contributed by atoms with E-state index in [0.717, 1.165) is 36.7 Å². The van der Waals surface area contributed by atoms with Crippen molar-refractivity contribution < 1.29 is 70.4 Å². The Bertz CT molecular complexity index is 3350. The molecule has 0 aliphatic rings. The van der Waals surface area contributed by atoms with E-state index >= 15 is 0 Å². The lowest BCUT2D eigenvalue weighted by Crippen LogP contribution is -2.20. The molecule has 3 N–H and O–H groups in total. The number of hydrogen-bond acceptors (Lipinski definition) is 17. The molecule has 0 unspecified atom stereocenters. The maximum atomic E-state index is 13.4. The Morgan fingerprint density at radius 1 is 0.579 bits per heavy atom. The zero-order valence-electron chi connectivity index (χ0n) is 40.5. The summed E-state index contributed by atoms with van der Waals surface area (Å²) < 4.78 is 74.9. The topological polar surface area (TPSA) is 281 Å². The number of nitrogens with zero attached hydrogens (tertiary/aromatic N) is 6. The number of rotatable bonds is 13. The Kier molecular flexibility index (Phi) is 26.4. The molecule has 0 atom stereocenters. The lowest BCUT2D eigenvalue weighted by atomic mass is 10.1. The number of aromatic carboxylic acids is 1. The van der Waals surface area contributed by atoms with Gasteiger partial charge in [0.1, 0.15) is 51.0 Å². The number of ether oxygens (including phenoxy) is 4. The highest BCUT2D eigenvalue weighted by Crippen LogP contribution is 2.25. The fourth-order valence-electron chi connectivity index (χ4n) is 5.61. The van der Waals surface area contributed by atoms with E-state index in [0.29, 0.717) is 0 Å². The molecule has 0 saturated carbocycles. The van der Waals surface area contributed by atoms with E-state index in [2.05, 4.69) is 30.4 Å². The first kappa shape index (κ1) is 65.3. The summed E-state index contributed by atoms with van der Waals surface area (Å²) in [4.78, 5) is 107. The maximum Gasteiger partial charge on any atom is 0.345 e. The molecule has 0 aromatic carbocycles. The fourth-order valence-corrected chi connectivity index (χ4v) is 6.71. The molecule has 6 heterocycles. The van der Waals surface area contributed by atoms with Crippen LogP contribution in [0.1, 0.15) is 75.5 Å². The van der Waals surface area contributed by atoms with E-state index < -0.39 is 97.4 Å². The molecule has 20 nitrogen and oxygen atoms in total. The highest BCUT2D eigenvalue weighted by molar-refractivity contribution is 6.37. The second kappa shape index (κ2) is 30.7. The minimum atomic E-state index is -1.37. The lowest BCUT2D eigenvalue weighted by molar-refractivity contribution is -0.142. The molecule has 0 radical (unpaired) electrons. The number of carbonyl (C=O) groups excluding carboxylic acids is 5. The van der Waals surface area contributed by atoms with Gasteiger partial charge < -0.3 is 38.9 Å². The third kappa shape index (κ3) is 17.4. The molecule has 6 aromatic heterocycles. The molecule has 0 bridgehead atoms. The predicted molar refractivity (Wildman–Crippen MR) is 272 cm³/mol. The standard InChI is InChI=1S/C13H12Cl2FNO4.C12H10ClFN2O3.C10H8Cl2FNO3.C10H6ClFN2O3.CH5N/c1-3-20-6-8(13(19)21-4-2)10(18)7-5-9(16)12(15)17-11(7)14;1-3-19-12(18)7-5-16(2)11-6(9(7)17)4-8(14)10(13)15-11;1-2-17-8(16)4-7(15)5-3-6(13)10(12)14-9(5)11;1-14-3-5(10(16)17)7(15)4-2-6(12)8(11)13-9(4)14;1-2/h5-6H,3-4H2,1-2H3;4-5H,3H2,1-2H3;3H,2,4H2,1H3;2-3H,1H3,(H,16,17);2H2,1H3/b8-6-;;;;. The number of esters is 3. The summed E-state index contributed by atoms with van der Waals surface area (Å²) in [6.07, 6.45) is 2.84. The normalized spacial score (nSPS) is 10.5. The molecule has 76 heavy (non-hydrogen) atoms. The van der Waals surface area contributed by atoms with Gasteiger partial charge in [-0.05, 0) is 59.0 Å². The molecule has 6 aromatic rings. The van der Waals surface area contributed by atoms with Crippen molar-refractivity contribution in [2.24, 2.45) is 19.8 Å². The predicted octanol–water partition coefficient (Wildman–Crippen LogP) is 8.76. The van der Waals surface area contributed by atoms with Crippen LogP contribution in [0.25, 0.3) is 22.1 Å². The van der Waals surface area contributed by atoms with Gasteiger partial charge in [0, 0.05) is 26.5 Å². The van der Waals surface area contributed by atoms with Crippen molar-refractivity contribution in [3.05, 3.63) is 145 Å². The largest absolute Gasteiger partial charge is 0.500 e. The van der Waals surface area contributed by atoms with Crippen molar-refractivity contribution in [3.63, 3.8) is 0 Å². The van der Waals surface area contributed by atoms with Crippen molar-refractivity contribution in [3.8, 4) is 0 Å². The Morgan fingerprint density at radius 2 is 0.987 bits per heavy atom. The smallest absolute Gasteiger partial charge is 0.345 e. The summed E-state index contributed by atoms with van der Waals surface area (Å²) in [5.74, 6) is -8.74. The Balaban J connectivity index is 0.000000344. The Labute approximate surface area is 457 Å². The lowest BCUT2D eigenvalue weighted by Gasteiger charge is -2.08. The van der Waals surface area contributed by atoms with Crippen molar-refractivity contribution >= 4 is 127 Å². The number of nitrogens with two attached hydrogens (primary N) is 1. The summed E-state index contributed by atoms with van der Waals surface area (Å²) >= 11 is 33.3. The zero-order chi connectivity index (χ0) is 57.9. The highest BCUT2D eigenvalue weighted by Gasteiger charge is 2.26. The van der Waals surface area contributed by atoms with E-state index in [1.165, 1.54) is 29.4 Å². The minimum absolute atomic E-state index is 0.0186. The number of fused-ring (bicyclic) bond motifs is 2. The number of carboxylic acids is 1. The second-order valence-electron chi connectivity index (χ2n) is 13.9. The van der Waals surface area contributed by atoms with Gasteiger partial charge in [0.15, 0.2) is 49.7 Å². The van der Waals surface area contributed by atoms with Crippen LogP contribution in [0.2, 0.25) is 30.9 Å². The van der Waals surface area contributed by atoms with Crippen LogP contribution >= 0.6 is 69.6 Å². The van der Waals surface area contributed by atoms with E-state index in [1.54, 1.807) is 34.7 Å². The molecule has 30 heteroatoms. The average molecular weight is 1190 g/mol. The van der Waals surface area contributed by atoms with Gasteiger partial charge in [0.25, 0.3) is 0 Å². The molecule has 0 aliphatic heterocycles.